The molecular weight excluding hydrogens is 242 g/mol. The number of anilines is 1. The summed E-state index contributed by atoms with van der Waals surface area (Å²) in [5.74, 6) is 1.04. The molecule has 1 N–H and O–H groups in total. The van der Waals surface area contributed by atoms with Crippen LogP contribution in [0.25, 0.3) is 0 Å². The van der Waals surface area contributed by atoms with E-state index in [0.29, 0.717) is 17.8 Å². The number of nitrogens with one attached hydrogen (secondary N) is 1. The van der Waals surface area contributed by atoms with E-state index >= 15 is 0 Å². The van der Waals surface area contributed by atoms with Crippen LogP contribution in [0.1, 0.15) is 17.9 Å². The number of nitro groups is 1. The fraction of sp³-hybridized carbons (Fsp3) is 0.214. The molecule has 0 bridgehead atoms. The number of hydrogen-bond donors (Lipinski definition) is 1. The molecule has 1 aromatic carbocycles. The van der Waals surface area contributed by atoms with Gasteiger partial charge in [-0.2, -0.15) is 0 Å². The van der Waals surface area contributed by atoms with Gasteiger partial charge in [0.05, 0.1) is 11.0 Å². The summed E-state index contributed by atoms with van der Waals surface area (Å²) in [6.45, 7) is 0. The Bertz CT molecular complexity index is 601. The molecule has 1 heterocycles. The zero-order valence-electron chi connectivity index (χ0n) is 10.2. The lowest BCUT2D eigenvalue weighted by atomic mass is 10.1. The molecule has 1 aromatic heterocycles. The van der Waals surface area contributed by atoms with Crippen molar-refractivity contribution in [3.8, 4) is 0 Å². The van der Waals surface area contributed by atoms with Crippen LogP contribution < -0.4 is 5.32 Å². The SMILES string of the molecule is O=[N+]([O-])c1ccnc(NC2CC2c2ccccc2)c1. The second-order valence-corrected chi connectivity index (χ2v) is 4.66. The van der Waals surface area contributed by atoms with E-state index in [9.17, 15) is 10.1 Å². The molecule has 19 heavy (non-hydrogen) atoms. The number of hydrogen-bond acceptors (Lipinski definition) is 4. The Morgan fingerprint density at radius 1 is 1.26 bits per heavy atom. The Hall–Kier alpha value is -2.43. The molecule has 0 radical (unpaired) electrons. The largest absolute Gasteiger partial charge is 0.366 e. The molecule has 2 atom stereocenters. The molecule has 1 aliphatic carbocycles. The Kier molecular flexibility index (Phi) is 2.87. The molecule has 0 amide bonds. The van der Waals surface area contributed by atoms with Crippen molar-refractivity contribution in [2.75, 3.05) is 5.32 Å². The number of rotatable bonds is 4. The van der Waals surface area contributed by atoms with E-state index in [0.717, 1.165) is 6.42 Å². The first-order chi connectivity index (χ1) is 9.24. The minimum Gasteiger partial charge on any atom is -0.366 e. The van der Waals surface area contributed by atoms with Crippen molar-refractivity contribution in [3.05, 3.63) is 64.3 Å². The molecule has 5 heteroatoms. The van der Waals surface area contributed by atoms with Crippen LogP contribution in [-0.4, -0.2) is 15.9 Å². The van der Waals surface area contributed by atoms with E-state index in [4.69, 9.17) is 0 Å². The highest BCUT2D eigenvalue weighted by Crippen LogP contribution is 2.42. The molecule has 2 aromatic rings. The van der Waals surface area contributed by atoms with Gasteiger partial charge in [0.1, 0.15) is 5.82 Å². The third-order valence-electron chi connectivity index (χ3n) is 3.31. The summed E-state index contributed by atoms with van der Waals surface area (Å²) >= 11 is 0. The molecule has 1 fully saturated rings. The second-order valence-electron chi connectivity index (χ2n) is 4.66. The normalized spacial score (nSPS) is 20.8. The van der Waals surface area contributed by atoms with E-state index in [1.807, 2.05) is 18.2 Å². The lowest BCUT2D eigenvalue weighted by Gasteiger charge is -2.04. The quantitative estimate of drug-likeness (QED) is 0.673. The van der Waals surface area contributed by atoms with Crippen LogP contribution in [0.4, 0.5) is 11.5 Å². The van der Waals surface area contributed by atoms with Gasteiger partial charge in [0.15, 0.2) is 0 Å². The number of pyridine rings is 1. The molecule has 2 unspecified atom stereocenters. The summed E-state index contributed by atoms with van der Waals surface area (Å²) in [5.41, 5.74) is 1.36. The first-order valence-electron chi connectivity index (χ1n) is 6.16. The minimum absolute atomic E-state index is 0.0643. The second kappa shape index (κ2) is 4.68. The predicted molar refractivity (Wildman–Crippen MR) is 72.1 cm³/mol. The molecule has 1 aliphatic rings. The van der Waals surface area contributed by atoms with Crippen LogP contribution in [0.15, 0.2) is 48.7 Å². The maximum Gasteiger partial charge on any atom is 0.274 e. The van der Waals surface area contributed by atoms with Gasteiger partial charge in [-0.3, -0.25) is 10.1 Å². The van der Waals surface area contributed by atoms with Gasteiger partial charge in [-0.25, -0.2) is 4.98 Å². The zero-order valence-corrected chi connectivity index (χ0v) is 10.2. The van der Waals surface area contributed by atoms with Gasteiger partial charge < -0.3 is 5.32 Å². The average molecular weight is 255 g/mol. The molecule has 0 spiro atoms. The van der Waals surface area contributed by atoms with Crippen LogP contribution >= 0.6 is 0 Å². The van der Waals surface area contributed by atoms with Gasteiger partial charge in [0.2, 0.25) is 0 Å². The summed E-state index contributed by atoms with van der Waals surface area (Å²) in [6.07, 6.45) is 2.49. The fourth-order valence-corrected chi connectivity index (χ4v) is 2.22. The van der Waals surface area contributed by atoms with E-state index < -0.39 is 4.92 Å². The van der Waals surface area contributed by atoms with Gasteiger partial charge in [0, 0.05) is 24.2 Å². The maximum absolute atomic E-state index is 10.7. The van der Waals surface area contributed by atoms with Crippen molar-refractivity contribution in [2.24, 2.45) is 0 Å². The van der Waals surface area contributed by atoms with Crippen molar-refractivity contribution in [3.63, 3.8) is 0 Å². The van der Waals surface area contributed by atoms with E-state index in [1.54, 1.807) is 0 Å². The first-order valence-corrected chi connectivity index (χ1v) is 6.16. The van der Waals surface area contributed by atoms with Crippen molar-refractivity contribution >= 4 is 11.5 Å². The molecule has 3 rings (SSSR count). The molecule has 0 aliphatic heterocycles. The smallest absolute Gasteiger partial charge is 0.274 e. The van der Waals surface area contributed by atoms with Gasteiger partial charge in [-0.15, -0.1) is 0 Å². The molecule has 0 saturated heterocycles. The summed E-state index contributed by atoms with van der Waals surface area (Å²) in [6, 6.07) is 13.4. The summed E-state index contributed by atoms with van der Waals surface area (Å²) in [7, 11) is 0. The van der Waals surface area contributed by atoms with Crippen LogP contribution in [0.5, 0.6) is 0 Å². The average Bonchev–Trinajstić information content (AvgIpc) is 3.19. The standard InChI is InChI=1S/C14H13N3O2/c18-17(19)11-6-7-15-14(8-11)16-13-9-12(13)10-4-2-1-3-5-10/h1-8,12-13H,9H2,(H,15,16). The molecule has 5 nitrogen and oxygen atoms in total. The Morgan fingerprint density at radius 3 is 2.79 bits per heavy atom. The Labute approximate surface area is 110 Å². The van der Waals surface area contributed by atoms with Crippen LogP contribution in [0.3, 0.4) is 0 Å². The highest BCUT2D eigenvalue weighted by atomic mass is 16.6. The van der Waals surface area contributed by atoms with Crippen molar-refractivity contribution < 1.29 is 4.92 Å². The van der Waals surface area contributed by atoms with Gasteiger partial charge in [-0.1, -0.05) is 30.3 Å². The number of aromatic nitrogens is 1. The van der Waals surface area contributed by atoms with Crippen molar-refractivity contribution in [2.45, 2.75) is 18.4 Å². The third-order valence-corrected chi connectivity index (χ3v) is 3.31. The van der Waals surface area contributed by atoms with E-state index in [-0.39, 0.29) is 5.69 Å². The molecular formula is C14H13N3O2. The van der Waals surface area contributed by atoms with E-state index in [1.165, 1.54) is 23.9 Å². The summed E-state index contributed by atoms with van der Waals surface area (Å²) in [4.78, 5) is 14.4. The third kappa shape index (κ3) is 2.54. The summed E-state index contributed by atoms with van der Waals surface area (Å²) < 4.78 is 0. The monoisotopic (exact) mass is 255 g/mol. The molecule has 1 saturated carbocycles. The van der Waals surface area contributed by atoms with Gasteiger partial charge in [0.25, 0.3) is 5.69 Å². The fourth-order valence-electron chi connectivity index (χ4n) is 2.22. The first kappa shape index (κ1) is 11.6. The topological polar surface area (TPSA) is 68.1 Å². The van der Waals surface area contributed by atoms with Crippen LogP contribution in [-0.2, 0) is 0 Å². The Balaban J connectivity index is 1.68. The van der Waals surface area contributed by atoms with Gasteiger partial charge in [-0.05, 0) is 12.0 Å². The van der Waals surface area contributed by atoms with E-state index in [2.05, 4.69) is 22.4 Å². The maximum atomic E-state index is 10.7. The predicted octanol–water partition coefficient (Wildman–Crippen LogP) is 2.96. The number of nitrogens with zero attached hydrogens (tertiary/aromatic N) is 2. The summed E-state index contributed by atoms with van der Waals surface area (Å²) in [5, 5.41) is 13.9. The lowest BCUT2D eigenvalue weighted by molar-refractivity contribution is -0.384. The van der Waals surface area contributed by atoms with Crippen LogP contribution in [0.2, 0.25) is 0 Å². The van der Waals surface area contributed by atoms with Crippen molar-refractivity contribution in [1.29, 1.82) is 0 Å². The lowest BCUT2D eigenvalue weighted by Crippen LogP contribution is -2.06. The highest BCUT2D eigenvalue weighted by Gasteiger charge is 2.38. The molecule has 96 valence electrons. The van der Waals surface area contributed by atoms with Crippen molar-refractivity contribution in [1.82, 2.24) is 4.98 Å². The minimum atomic E-state index is -0.408. The Morgan fingerprint density at radius 2 is 2.05 bits per heavy atom. The van der Waals surface area contributed by atoms with Gasteiger partial charge >= 0.3 is 0 Å². The zero-order chi connectivity index (χ0) is 13.2. The highest BCUT2D eigenvalue weighted by molar-refractivity contribution is 5.47. The van der Waals surface area contributed by atoms with Crippen LogP contribution in [0, 0.1) is 10.1 Å². The number of benzene rings is 1.